The first-order valence-electron chi connectivity index (χ1n) is 17.2. The van der Waals surface area contributed by atoms with Crippen LogP contribution in [-0.4, -0.2) is 0 Å². The molecule has 0 fully saturated rings. The third-order valence-corrected chi connectivity index (χ3v) is 9.88. The van der Waals surface area contributed by atoms with Gasteiger partial charge in [0.2, 0.25) is 0 Å². The Bertz CT molecular complexity index is 2030. The van der Waals surface area contributed by atoms with E-state index in [9.17, 15) is 0 Å². The fraction of sp³-hybridized carbons (Fsp3) is 0.167. The van der Waals surface area contributed by atoms with Gasteiger partial charge in [-0.25, -0.2) is 0 Å². The molecular formula is C48H44. The van der Waals surface area contributed by atoms with Gasteiger partial charge in [-0.05, 0) is 121 Å². The van der Waals surface area contributed by atoms with Crippen LogP contribution in [0, 0.1) is 34.6 Å². The Labute approximate surface area is 287 Å². The van der Waals surface area contributed by atoms with Crippen LogP contribution >= 0.6 is 0 Å². The van der Waals surface area contributed by atoms with E-state index in [1.165, 1.54) is 100 Å². The zero-order valence-corrected chi connectivity index (χ0v) is 29.1. The summed E-state index contributed by atoms with van der Waals surface area (Å²) >= 11 is 0. The Balaban J connectivity index is 1.79. The Morgan fingerprint density at radius 1 is 0.271 bits per heavy atom. The molecule has 236 valence electrons. The molecule has 0 aromatic heterocycles. The molecule has 0 atom stereocenters. The van der Waals surface area contributed by atoms with Crippen molar-refractivity contribution in [2.45, 2.75) is 54.4 Å². The number of rotatable bonds is 6. The molecule has 0 N–H and O–H groups in total. The molecule has 0 heterocycles. The van der Waals surface area contributed by atoms with E-state index in [4.69, 9.17) is 0 Å². The highest BCUT2D eigenvalue weighted by Gasteiger charge is 2.30. The predicted molar refractivity (Wildman–Crippen MR) is 208 cm³/mol. The maximum absolute atomic E-state index is 2.40. The van der Waals surface area contributed by atoms with E-state index in [2.05, 4.69) is 175 Å². The van der Waals surface area contributed by atoms with Crippen molar-refractivity contribution in [2.75, 3.05) is 0 Å². The summed E-state index contributed by atoms with van der Waals surface area (Å²) in [6, 6.07) is 45.9. The largest absolute Gasteiger partial charge is 0.0730 e. The summed E-state index contributed by atoms with van der Waals surface area (Å²) in [4.78, 5) is 0. The Morgan fingerprint density at radius 2 is 0.521 bits per heavy atom. The minimum absolute atomic E-state index is 1.00. The van der Waals surface area contributed by atoms with Gasteiger partial charge in [-0.2, -0.15) is 0 Å². The van der Waals surface area contributed by atoms with Gasteiger partial charge in [0, 0.05) is 0 Å². The van der Waals surface area contributed by atoms with Crippen molar-refractivity contribution < 1.29 is 0 Å². The second-order valence-corrected chi connectivity index (χ2v) is 13.8. The molecular weight excluding hydrogens is 577 g/mol. The van der Waals surface area contributed by atoms with Gasteiger partial charge < -0.3 is 0 Å². The van der Waals surface area contributed by atoms with E-state index < -0.39 is 0 Å². The van der Waals surface area contributed by atoms with Crippen molar-refractivity contribution in [3.05, 3.63) is 172 Å². The second kappa shape index (κ2) is 13.1. The number of hydrogen-bond donors (Lipinski definition) is 0. The molecule has 0 spiro atoms. The molecule has 1 aliphatic rings. The molecule has 6 aromatic carbocycles. The maximum atomic E-state index is 2.40. The van der Waals surface area contributed by atoms with Crippen molar-refractivity contribution in [1.82, 2.24) is 0 Å². The van der Waals surface area contributed by atoms with E-state index in [1.54, 1.807) is 0 Å². The van der Waals surface area contributed by atoms with Crippen molar-refractivity contribution in [3.8, 4) is 55.6 Å². The topological polar surface area (TPSA) is 0 Å². The van der Waals surface area contributed by atoms with Crippen LogP contribution in [0.5, 0.6) is 0 Å². The van der Waals surface area contributed by atoms with Gasteiger partial charge in [0.05, 0.1) is 0 Å². The molecule has 0 bridgehead atoms. The minimum Gasteiger partial charge on any atom is -0.0730 e. The van der Waals surface area contributed by atoms with E-state index >= 15 is 0 Å². The van der Waals surface area contributed by atoms with Gasteiger partial charge in [0.25, 0.3) is 0 Å². The molecule has 7 rings (SSSR count). The lowest BCUT2D eigenvalue weighted by atomic mass is 9.73. The monoisotopic (exact) mass is 620 g/mol. The molecule has 0 aliphatic heterocycles. The fourth-order valence-electron chi connectivity index (χ4n) is 7.07. The first kappa shape index (κ1) is 31.4. The highest BCUT2D eigenvalue weighted by molar-refractivity contribution is 6.13. The second-order valence-electron chi connectivity index (χ2n) is 13.8. The van der Waals surface area contributed by atoms with Gasteiger partial charge in [0.1, 0.15) is 0 Å². The molecule has 0 radical (unpaired) electrons. The molecule has 0 nitrogen and oxygen atoms in total. The van der Waals surface area contributed by atoms with Gasteiger partial charge in [-0.1, -0.05) is 167 Å². The Morgan fingerprint density at radius 3 is 0.750 bits per heavy atom. The lowest BCUT2D eigenvalue weighted by Gasteiger charge is -2.30. The van der Waals surface area contributed by atoms with Crippen molar-refractivity contribution in [2.24, 2.45) is 0 Å². The molecule has 0 amide bonds. The van der Waals surface area contributed by atoms with Crippen LogP contribution in [0.1, 0.15) is 53.1 Å². The summed E-state index contributed by atoms with van der Waals surface area (Å²) in [6.45, 7) is 13.1. The maximum Gasteiger partial charge on any atom is -0.00139 e. The average Bonchev–Trinajstić information content (AvgIpc) is 3.10. The highest BCUT2D eigenvalue weighted by Crippen LogP contribution is 2.55. The SMILES string of the molecule is CC1=CC=C(c2c(-c3ccc(C)cc3)c(-c3ccc(C)cc3)c(-c3ccc(C)cc3)c(-c3ccc(C)cc3)c2-c2ccc(C)cc2)CC1. The summed E-state index contributed by atoms with van der Waals surface area (Å²) in [5.74, 6) is 0. The van der Waals surface area contributed by atoms with Gasteiger partial charge in [-0.3, -0.25) is 0 Å². The lowest BCUT2D eigenvalue weighted by Crippen LogP contribution is -2.05. The van der Waals surface area contributed by atoms with E-state index in [-0.39, 0.29) is 0 Å². The van der Waals surface area contributed by atoms with Gasteiger partial charge in [-0.15, -0.1) is 0 Å². The quantitative estimate of drug-likeness (QED) is 0.174. The third-order valence-electron chi connectivity index (χ3n) is 9.88. The van der Waals surface area contributed by atoms with E-state index in [0.717, 1.165) is 12.8 Å². The van der Waals surface area contributed by atoms with Crippen LogP contribution in [-0.2, 0) is 0 Å². The van der Waals surface area contributed by atoms with E-state index in [1.807, 2.05) is 0 Å². The first-order chi connectivity index (χ1) is 23.3. The normalized spacial score (nSPS) is 12.9. The molecule has 0 saturated heterocycles. The summed E-state index contributed by atoms with van der Waals surface area (Å²) in [5, 5.41) is 0. The van der Waals surface area contributed by atoms with Crippen LogP contribution in [0.25, 0.3) is 61.2 Å². The third kappa shape index (κ3) is 6.12. The molecule has 0 saturated carbocycles. The van der Waals surface area contributed by atoms with Crippen LogP contribution in [0.2, 0.25) is 0 Å². The standard InChI is InChI=1S/C48H44/c1-31-7-19-37(20-8-31)43-44(38-21-9-32(2)10-22-38)46(40-25-13-34(4)14-26-40)48(42-29-17-36(6)18-30-42)47(41-27-15-35(5)16-28-41)45(43)39-23-11-33(3)12-24-39/h7-17,19-29H,18,30H2,1-6H3. The van der Waals surface area contributed by atoms with Crippen LogP contribution in [0.4, 0.5) is 0 Å². The van der Waals surface area contributed by atoms with Gasteiger partial charge in [0.15, 0.2) is 0 Å². The molecule has 0 unspecified atom stereocenters. The average molecular weight is 621 g/mol. The number of allylic oxidation sites excluding steroid dienone is 4. The van der Waals surface area contributed by atoms with Crippen molar-refractivity contribution >= 4 is 5.57 Å². The van der Waals surface area contributed by atoms with Crippen molar-refractivity contribution in [3.63, 3.8) is 0 Å². The fourth-order valence-corrected chi connectivity index (χ4v) is 7.07. The molecule has 6 aromatic rings. The van der Waals surface area contributed by atoms with Crippen LogP contribution in [0.3, 0.4) is 0 Å². The summed E-state index contributed by atoms with van der Waals surface area (Å²) in [5.41, 5.74) is 23.1. The van der Waals surface area contributed by atoms with Crippen molar-refractivity contribution in [1.29, 1.82) is 0 Å². The smallest absolute Gasteiger partial charge is 0.00139 e. The molecule has 0 heteroatoms. The van der Waals surface area contributed by atoms with Crippen LogP contribution in [0.15, 0.2) is 139 Å². The highest BCUT2D eigenvalue weighted by atomic mass is 14.3. The molecule has 48 heavy (non-hydrogen) atoms. The Kier molecular flexibility index (Phi) is 8.59. The van der Waals surface area contributed by atoms with Crippen LogP contribution < -0.4 is 0 Å². The Hall–Kier alpha value is -5.20. The number of hydrogen-bond acceptors (Lipinski definition) is 0. The number of benzene rings is 6. The van der Waals surface area contributed by atoms with Gasteiger partial charge >= 0.3 is 0 Å². The minimum atomic E-state index is 1.00. The first-order valence-corrected chi connectivity index (χ1v) is 17.2. The summed E-state index contributed by atoms with van der Waals surface area (Å²) < 4.78 is 0. The lowest BCUT2D eigenvalue weighted by molar-refractivity contribution is 0.977. The predicted octanol–water partition coefficient (Wildman–Crippen LogP) is 13.7. The summed E-state index contributed by atoms with van der Waals surface area (Å²) in [7, 11) is 0. The zero-order valence-electron chi connectivity index (χ0n) is 29.1. The number of aryl methyl sites for hydroxylation is 5. The zero-order chi connectivity index (χ0) is 33.4. The molecule has 1 aliphatic carbocycles. The summed E-state index contributed by atoms with van der Waals surface area (Å²) in [6.07, 6.45) is 6.80. The van der Waals surface area contributed by atoms with E-state index in [0.29, 0.717) is 0 Å².